The summed E-state index contributed by atoms with van der Waals surface area (Å²) in [7, 11) is 0. The van der Waals surface area contributed by atoms with E-state index in [0.29, 0.717) is 5.69 Å². The zero-order valence-electron chi connectivity index (χ0n) is 10.0. The summed E-state index contributed by atoms with van der Waals surface area (Å²) < 4.78 is 13.7. The molecule has 0 amide bonds. The van der Waals surface area contributed by atoms with Crippen LogP contribution in [0, 0.1) is 15.9 Å². The molecular weight excluding hydrogens is 267 g/mol. The third-order valence-corrected chi connectivity index (χ3v) is 2.57. The van der Waals surface area contributed by atoms with Crippen molar-refractivity contribution in [2.75, 3.05) is 5.32 Å². The lowest BCUT2D eigenvalue weighted by molar-refractivity contribution is -0.384. The third kappa shape index (κ3) is 2.89. The molecule has 7 heteroatoms. The van der Waals surface area contributed by atoms with Crippen molar-refractivity contribution in [3.63, 3.8) is 0 Å². The molecule has 0 unspecified atom stereocenters. The molecular formula is C13H9FN2O4. The standard InChI is InChI=1S/C13H9FN2O4/c14-11-7-8(13(17)18)1-6-12(11)15-9-2-4-10(5-3-9)16(19)20/h1-7,15H,(H,17,18). The van der Waals surface area contributed by atoms with E-state index in [1.165, 1.54) is 36.4 Å². The average molecular weight is 276 g/mol. The molecule has 0 aliphatic rings. The van der Waals surface area contributed by atoms with Gasteiger partial charge in [-0.2, -0.15) is 0 Å². The molecule has 0 spiro atoms. The molecule has 2 aromatic carbocycles. The van der Waals surface area contributed by atoms with Gasteiger partial charge in [-0.3, -0.25) is 10.1 Å². The molecule has 0 aliphatic carbocycles. The van der Waals surface area contributed by atoms with Crippen LogP contribution >= 0.6 is 0 Å². The molecule has 6 nitrogen and oxygen atoms in total. The Balaban J connectivity index is 2.21. The van der Waals surface area contributed by atoms with Crippen molar-refractivity contribution in [3.05, 3.63) is 64.0 Å². The summed E-state index contributed by atoms with van der Waals surface area (Å²) in [5.74, 6) is -1.94. The topological polar surface area (TPSA) is 92.5 Å². The molecule has 0 aliphatic heterocycles. The van der Waals surface area contributed by atoms with Crippen LogP contribution in [0.15, 0.2) is 42.5 Å². The van der Waals surface area contributed by atoms with Gasteiger partial charge in [0, 0.05) is 17.8 Å². The Kier molecular flexibility index (Phi) is 3.60. The lowest BCUT2D eigenvalue weighted by atomic mass is 10.2. The van der Waals surface area contributed by atoms with Gasteiger partial charge in [0.15, 0.2) is 0 Å². The fourth-order valence-corrected chi connectivity index (χ4v) is 1.57. The molecule has 2 N–H and O–H groups in total. The maximum absolute atomic E-state index is 13.7. The summed E-state index contributed by atoms with van der Waals surface area (Å²) in [5.41, 5.74) is 0.315. The maximum Gasteiger partial charge on any atom is 0.335 e. The van der Waals surface area contributed by atoms with E-state index >= 15 is 0 Å². The molecule has 0 heterocycles. The number of rotatable bonds is 4. The largest absolute Gasteiger partial charge is 0.478 e. The summed E-state index contributed by atoms with van der Waals surface area (Å²) in [4.78, 5) is 20.6. The van der Waals surface area contributed by atoms with E-state index in [0.717, 1.165) is 6.07 Å². The smallest absolute Gasteiger partial charge is 0.335 e. The second-order valence-electron chi connectivity index (χ2n) is 3.93. The average Bonchev–Trinajstić information content (AvgIpc) is 2.41. The number of non-ortho nitro benzene ring substituents is 1. The van der Waals surface area contributed by atoms with Crippen LogP contribution in [-0.2, 0) is 0 Å². The Hall–Kier alpha value is -2.96. The van der Waals surface area contributed by atoms with Gasteiger partial charge in [0.2, 0.25) is 0 Å². The number of nitro groups is 1. The van der Waals surface area contributed by atoms with Gasteiger partial charge in [-0.05, 0) is 30.3 Å². The number of nitrogens with one attached hydrogen (secondary N) is 1. The summed E-state index contributed by atoms with van der Waals surface area (Å²) in [6.07, 6.45) is 0. The van der Waals surface area contributed by atoms with Gasteiger partial charge >= 0.3 is 5.97 Å². The van der Waals surface area contributed by atoms with E-state index in [4.69, 9.17) is 5.11 Å². The van der Waals surface area contributed by atoms with Crippen molar-refractivity contribution in [1.29, 1.82) is 0 Å². The number of aromatic carboxylic acids is 1. The molecule has 102 valence electrons. The molecule has 0 aromatic heterocycles. The van der Waals surface area contributed by atoms with Gasteiger partial charge < -0.3 is 10.4 Å². The molecule has 2 aromatic rings. The number of nitro benzene ring substituents is 1. The number of halogens is 1. The zero-order chi connectivity index (χ0) is 14.7. The number of anilines is 2. The fourth-order valence-electron chi connectivity index (χ4n) is 1.57. The van der Waals surface area contributed by atoms with Crippen LogP contribution in [0.1, 0.15) is 10.4 Å². The number of hydrogen-bond acceptors (Lipinski definition) is 4. The zero-order valence-corrected chi connectivity index (χ0v) is 10.0. The van der Waals surface area contributed by atoms with Crippen molar-refractivity contribution in [2.24, 2.45) is 0 Å². The van der Waals surface area contributed by atoms with Crippen molar-refractivity contribution in [1.82, 2.24) is 0 Å². The maximum atomic E-state index is 13.7. The summed E-state index contributed by atoms with van der Waals surface area (Å²) in [5, 5.41) is 21.9. The number of carboxylic acid groups (broad SMARTS) is 1. The van der Waals surface area contributed by atoms with E-state index in [2.05, 4.69) is 5.32 Å². The molecule has 20 heavy (non-hydrogen) atoms. The molecule has 0 saturated heterocycles. The van der Waals surface area contributed by atoms with Crippen molar-refractivity contribution in [3.8, 4) is 0 Å². The minimum Gasteiger partial charge on any atom is -0.478 e. The molecule has 0 bridgehead atoms. The van der Waals surface area contributed by atoms with Crippen LogP contribution in [0.25, 0.3) is 0 Å². The van der Waals surface area contributed by atoms with Crippen molar-refractivity contribution >= 4 is 23.0 Å². The normalized spacial score (nSPS) is 10.1. The number of benzene rings is 2. The lowest BCUT2D eigenvalue weighted by Gasteiger charge is -2.07. The second kappa shape index (κ2) is 5.35. The number of nitrogens with zero attached hydrogens (tertiary/aromatic N) is 1. The monoisotopic (exact) mass is 276 g/mol. The highest BCUT2D eigenvalue weighted by molar-refractivity contribution is 5.88. The SMILES string of the molecule is O=C(O)c1ccc(Nc2ccc([N+](=O)[O-])cc2)c(F)c1. The highest BCUT2D eigenvalue weighted by Gasteiger charge is 2.09. The number of carbonyl (C=O) groups is 1. The first-order valence-corrected chi connectivity index (χ1v) is 5.51. The molecule has 0 saturated carbocycles. The minimum atomic E-state index is -1.22. The van der Waals surface area contributed by atoms with Crippen LogP contribution in [0.3, 0.4) is 0 Å². The first kappa shape index (κ1) is 13.5. The molecule has 2 rings (SSSR count). The van der Waals surface area contributed by atoms with Gasteiger partial charge in [0.05, 0.1) is 16.2 Å². The van der Waals surface area contributed by atoms with Gasteiger partial charge in [-0.25, -0.2) is 9.18 Å². The van der Waals surface area contributed by atoms with E-state index in [9.17, 15) is 19.3 Å². The Labute approximate surface area is 112 Å². The van der Waals surface area contributed by atoms with Gasteiger partial charge in [0.1, 0.15) is 5.82 Å². The predicted molar refractivity (Wildman–Crippen MR) is 69.7 cm³/mol. The Bertz CT molecular complexity index is 671. The van der Waals surface area contributed by atoms with Crippen LogP contribution in [0.4, 0.5) is 21.5 Å². The Morgan fingerprint density at radius 1 is 1.20 bits per heavy atom. The first-order valence-electron chi connectivity index (χ1n) is 5.51. The van der Waals surface area contributed by atoms with Gasteiger partial charge in [-0.1, -0.05) is 0 Å². The Morgan fingerprint density at radius 2 is 1.85 bits per heavy atom. The van der Waals surface area contributed by atoms with E-state index in [1.807, 2.05) is 0 Å². The fraction of sp³-hybridized carbons (Fsp3) is 0. The summed E-state index contributed by atoms with van der Waals surface area (Å²) in [6.45, 7) is 0. The highest BCUT2D eigenvalue weighted by atomic mass is 19.1. The predicted octanol–water partition coefficient (Wildman–Crippen LogP) is 3.18. The van der Waals surface area contributed by atoms with Crippen LogP contribution in [-0.4, -0.2) is 16.0 Å². The lowest BCUT2D eigenvalue weighted by Crippen LogP contribution is -2.00. The summed E-state index contributed by atoms with van der Waals surface area (Å²) in [6, 6.07) is 8.89. The molecule has 0 atom stereocenters. The molecule has 0 radical (unpaired) electrons. The van der Waals surface area contributed by atoms with Gasteiger partial charge in [-0.15, -0.1) is 0 Å². The third-order valence-electron chi connectivity index (χ3n) is 2.57. The second-order valence-corrected chi connectivity index (χ2v) is 3.93. The number of hydrogen-bond donors (Lipinski definition) is 2. The number of carboxylic acids is 1. The van der Waals surface area contributed by atoms with Gasteiger partial charge in [0.25, 0.3) is 5.69 Å². The first-order chi connectivity index (χ1) is 9.47. The van der Waals surface area contributed by atoms with Crippen LogP contribution < -0.4 is 5.32 Å². The van der Waals surface area contributed by atoms with Crippen LogP contribution in [0.2, 0.25) is 0 Å². The van der Waals surface area contributed by atoms with Crippen molar-refractivity contribution in [2.45, 2.75) is 0 Å². The summed E-state index contributed by atoms with van der Waals surface area (Å²) >= 11 is 0. The van der Waals surface area contributed by atoms with E-state index in [1.54, 1.807) is 0 Å². The van der Waals surface area contributed by atoms with Crippen LogP contribution in [0.5, 0.6) is 0 Å². The quantitative estimate of drug-likeness (QED) is 0.660. The highest BCUT2D eigenvalue weighted by Crippen LogP contribution is 2.23. The van der Waals surface area contributed by atoms with E-state index in [-0.39, 0.29) is 16.9 Å². The minimum absolute atomic E-state index is 0.0720. The van der Waals surface area contributed by atoms with Crippen molar-refractivity contribution < 1.29 is 19.2 Å². The Morgan fingerprint density at radius 3 is 2.35 bits per heavy atom. The van der Waals surface area contributed by atoms with E-state index < -0.39 is 16.7 Å². The molecule has 0 fully saturated rings.